The van der Waals surface area contributed by atoms with Gasteiger partial charge in [0.05, 0.1) is 5.54 Å². The molecule has 6 rings (SSSR count). The average Bonchev–Trinajstić information content (AvgIpc) is 3.83. The smallest absolute Gasteiger partial charge is 0.411 e. The van der Waals surface area contributed by atoms with Crippen molar-refractivity contribution in [3.8, 4) is 0 Å². The summed E-state index contributed by atoms with van der Waals surface area (Å²) in [7, 11) is 0. The van der Waals surface area contributed by atoms with E-state index in [9.17, 15) is 14.0 Å². The van der Waals surface area contributed by atoms with E-state index in [1.165, 1.54) is 17.7 Å². The van der Waals surface area contributed by atoms with Crippen molar-refractivity contribution in [1.82, 2.24) is 9.80 Å². The summed E-state index contributed by atoms with van der Waals surface area (Å²) >= 11 is 0. The molecule has 0 radical (unpaired) electrons. The molecule has 1 saturated carbocycles. The Morgan fingerprint density at radius 1 is 0.821 bits per heavy atom. The molecule has 3 aromatic carbocycles. The largest absolute Gasteiger partial charge is 0.446 e. The van der Waals surface area contributed by atoms with Crippen molar-refractivity contribution in [2.24, 2.45) is 5.92 Å². The fourth-order valence-electron chi connectivity index (χ4n) is 6.26. The molecule has 0 aromatic heterocycles. The summed E-state index contributed by atoms with van der Waals surface area (Å²) < 4.78 is 25.5. The molecule has 2 amide bonds. The number of carbonyl (C=O) groups is 2. The molecule has 1 aliphatic carbocycles. The predicted molar refractivity (Wildman–Crippen MR) is 144 cm³/mol. The summed E-state index contributed by atoms with van der Waals surface area (Å²) in [6.07, 6.45) is 2.89. The summed E-state index contributed by atoms with van der Waals surface area (Å²) in [5.41, 5.74) is 3.52. The molecule has 2 fully saturated rings. The lowest BCUT2D eigenvalue weighted by Crippen LogP contribution is -2.56. The normalized spacial score (nSPS) is 21.3. The summed E-state index contributed by atoms with van der Waals surface area (Å²) in [6, 6.07) is 24.5. The van der Waals surface area contributed by atoms with Crippen molar-refractivity contribution in [3.05, 3.63) is 107 Å². The van der Waals surface area contributed by atoms with E-state index in [2.05, 4.69) is 12.1 Å². The van der Waals surface area contributed by atoms with Crippen LogP contribution in [0.1, 0.15) is 47.9 Å². The highest BCUT2D eigenvalue weighted by molar-refractivity contribution is 5.72. The van der Waals surface area contributed by atoms with Crippen LogP contribution < -0.4 is 0 Å². The molecular formula is C32H33FN2O4. The lowest BCUT2D eigenvalue weighted by molar-refractivity contribution is 0.000701. The first-order chi connectivity index (χ1) is 19.1. The zero-order chi connectivity index (χ0) is 26.8. The topological polar surface area (TPSA) is 59.1 Å². The van der Waals surface area contributed by atoms with Gasteiger partial charge in [-0.05, 0) is 59.6 Å². The highest BCUT2D eigenvalue weighted by atomic mass is 19.1. The second-order valence-corrected chi connectivity index (χ2v) is 10.7. The van der Waals surface area contributed by atoms with Crippen LogP contribution in [0, 0.1) is 11.7 Å². The number of ether oxygens (including phenoxy) is 2. The minimum absolute atomic E-state index is 0.234. The molecule has 3 aromatic rings. The van der Waals surface area contributed by atoms with Gasteiger partial charge in [-0.1, -0.05) is 66.7 Å². The van der Waals surface area contributed by atoms with E-state index in [1.807, 2.05) is 59.5 Å². The molecule has 0 N–H and O–H groups in total. The Morgan fingerprint density at radius 3 is 2.23 bits per heavy atom. The highest BCUT2D eigenvalue weighted by Crippen LogP contribution is 2.56. The highest BCUT2D eigenvalue weighted by Gasteiger charge is 2.56. The number of rotatable bonds is 5. The van der Waals surface area contributed by atoms with Gasteiger partial charge >= 0.3 is 12.2 Å². The lowest BCUT2D eigenvalue weighted by Gasteiger charge is -2.49. The second kappa shape index (κ2) is 10.7. The summed E-state index contributed by atoms with van der Waals surface area (Å²) in [5, 5.41) is 0. The number of benzene rings is 3. The molecule has 6 nitrogen and oxygen atoms in total. The third-order valence-electron chi connectivity index (χ3n) is 8.30. The Balaban J connectivity index is 1.16. The van der Waals surface area contributed by atoms with Gasteiger partial charge in [0.1, 0.15) is 18.5 Å². The molecule has 2 aliphatic heterocycles. The monoisotopic (exact) mass is 528 g/mol. The fraction of sp³-hybridized carbons (Fsp3) is 0.375. The van der Waals surface area contributed by atoms with Gasteiger partial charge < -0.3 is 14.4 Å². The van der Waals surface area contributed by atoms with Gasteiger partial charge in [-0.3, -0.25) is 4.90 Å². The molecule has 7 heteroatoms. The van der Waals surface area contributed by atoms with Crippen LogP contribution in [0.15, 0.2) is 78.9 Å². The maximum atomic E-state index is 13.9. The van der Waals surface area contributed by atoms with Crippen molar-refractivity contribution in [2.45, 2.75) is 50.4 Å². The van der Waals surface area contributed by atoms with E-state index in [1.54, 1.807) is 4.90 Å². The van der Waals surface area contributed by atoms with Gasteiger partial charge in [0.25, 0.3) is 0 Å². The number of hydrogen-bond donors (Lipinski definition) is 0. The van der Waals surface area contributed by atoms with E-state index in [0.29, 0.717) is 32.5 Å². The van der Waals surface area contributed by atoms with Gasteiger partial charge in [-0.2, -0.15) is 0 Å². The molecule has 0 spiro atoms. The van der Waals surface area contributed by atoms with Crippen LogP contribution in [0.25, 0.3) is 0 Å². The molecule has 1 unspecified atom stereocenters. The SMILES string of the molecule is O=C(OCc1ccccc1)N1CCC(OC(=O)N2CCc3ccccc3C2(c2ccc(F)cc2)C2CC2)CC1. The first-order valence-electron chi connectivity index (χ1n) is 13.8. The first-order valence-corrected chi connectivity index (χ1v) is 13.8. The Kier molecular flexibility index (Phi) is 6.98. The van der Waals surface area contributed by atoms with Gasteiger partial charge in [-0.15, -0.1) is 0 Å². The van der Waals surface area contributed by atoms with Crippen molar-refractivity contribution in [1.29, 1.82) is 0 Å². The number of carbonyl (C=O) groups excluding carboxylic acids is 2. The summed E-state index contributed by atoms with van der Waals surface area (Å²) in [5.74, 6) is -0.0461. The third kappa shape index (κ3) is 4.98. The number of hydrogen-bond acceptors (Lipinski definition) is 4. The standard InChI is InChI=1S/C32H33FN2O4/c33-27-14-12-26(13-15-27)32(25-10-11-25)29-9-5-4-8-24(29)16-21-35(32)31(37)39-28-17-19-34(20-18-28)30(36)38-22-23-6-2-1-3-7-23/h1-9,12-15,25,28H,10-11,16-22H2. The number of nitrogens with zero attached hydrogens (tertiary/aromatic N) is 2. The Bertz CT molecular complexity index is 1320. The number of likely N-dealkylation sites (tertiary alicyclic amines) is 1. The van der Waals surface area contributed by atoms with E-state index in [4.69, 9.17) is 9.47 Å². The molecular weight excluding hydrogens is 495 g/mol. The molecule has 0 bridgehead atoms. The quantitative estimate of drug-likeness (QED) is 0.391. The van der Waals surface area contributed by atoms with Crippen molar-refractivity contribution in [2.75, 3.05) is 19.6 Å². The molecule has 2 heterocycles. The van der Waals surface area contributed by atoms with Crippen LogP contribution >= 0.6 is 0 Å². The molecule has 3 aliphatic rings. The molecule has 39 heavy (non-hydrogen) atoms. The fourth-order valence-corrected chi connectivity index (χ4v) is 6.26. The number of halogens is 1. The minimum Gasteiger partial charge on any atom is -0.446 e. The minimum atomic E-state index is -0.679. The van der Waals surface area contributed by atoms with E-state index in [-0.39, 0.29) is 36.6 Å². The number of amides is 2. The van der Waals surface area contributed by atoms with Crippen LogP contribution in [0.2, 0.25) is 0 Å². The Labute approximate surface area is 228 Å². The summed E-state index contributed by atoms with van der Waals surface area (Å²) in [6.45, 7) is 1.71. The average molecular weight is 529 g/mol. The maximum Gasteiger partial charge on any atom is 0.411 e. The number of piperidine rings is 1. The van der Waals surface area contributed by atoms with E-state index >= 15 is 0 Å². The van der Waals surface area contributed by atoms with Crippen LogP contribution in [0.3, 0.4) is 0 Å². The van der Waals surface area contributed by atoms with Crippen molar-refractivity contribution in [3.63, 3.8) is 0 Å². The number of fused-ring (bicyclic) bond motifs is 1. The van der Waals surface area contributed by atoms with Crippen LogP contribution in [-0.2, 0) is 28.0 Å². The first kappa shape index (κ1) is 25.4. The lowest BCUT2D eigenvalue weighted by atomic mass is 9.72. The third-order valence-corrected chi connectivity index (χ3v) is 8.30. The Hall–Kier alpha value is -3.87. The molecule has 202 valence electrons. The van der Waals surface area contributed by atoms with Crippen LogP contribution in [-0.4, -0.2) is 47.7 Å². The predicted octanol–water partition coefficient (Wildman–Crippen LogP) is 6.28. The summed E-state index contributed by atoms with van der Waals surface area (Å²) in [4.78, 5) is 30.0. The van der Waals surface area contributed by atoms with Gasteiger partial charge in [0, 0.05) is 32.5 Å². The van der Waals surface area contributed by atoms with Gasteiger partial charge in [0.2, 0.25) is 0 Å². The van der Waals surface area contributed by atoms with Gasteiger partial charge in [0.15, 0.2) is 0 Å². The Morgan fingerprint density at radius 2 is 1.51 bits per heavy atom. The van der Waals surface area contributed by atoms with Crippen molar-refractivity contribution < 1.29 is 23.5 Å². The molecule has 1 atom stereocenters. The van der Waals surface area contributed by atoms with Crippen LogP contribution in [0.5, 0.6) is 0 Å². The second-order valence-electron chi connectivity index (χ2n) is 10.7. The van der Waals surface area contributed by atoms with E-state index in [0.717, 1.165) is 36.0 Å². The van der Waals surface area contributed by atoms with Gasteiger partial charge in [-0.25, -0.2) is 14.0 Å². The zero-order valence-electron chi connectivity index (χ0n) is 21.9. The van der Waals surface area contributed by atoms with Crippen LogP contribution in [0.4, 0.5) is 14.0 Å². The molecule has 1 saturated heterocycles. The maximum absolute atomic E-state index is 13.9. The van der Waals surface area contributed by atoms with Crippen molar-refractivity contribution >= 4 is 12.2 Å². The zero-order valence-corrected chi connectivity index (χ0v) is 21.9. The van der Waals surface area contributed by atoms with E-state index < -0.39 is 5.54 Å².